The predicted molar refractivity (Wildman–Crippen MR) is 63.9 cm³/mol. The third kappa shape index (κ3) is 2.24. The Balaban J connectivity index is 2.63. The average molecular weight is 245 g/mol. The Kier molecular flexibility index (Phi) is 3.14. The van der Waals surface area contributed by atoms with E-state index in [9.17, 15) is 19.3 Å². The van der Waals surface area contributed by atoms with Crippen LogP contribution >= 0.6 is 0 Å². The van der Waals surface area contributed by atoms with Crippen molar-refractivity contribution >= 4 is 12.0 Å². The van der Waals surface area contributed by atoms with Crippen LogP contribution in [0.4, 0.5) is 10.1 Å². The molecule has 0 fully saturated rings. The van der Waals surface area contributed by atoms with Crippen molar-refractivity contribution in [1.82, 2.24) is 0 Å². The van der Waals surface area contributed by atoms with Crippen LogP contribution in [-0.4, -0.2) is 11.2 Å². The number of benzene rings is 2. The monoisotopic (exact) mass is 245 g/mol. The Bertz CT molecular complexity index is 625. The fourth-order valence-electron chi connectivity index (χ4n) is 1.67. The van der Waals surface area contributed by atoms with Crippen LogP contribution in [0.1, 0.15) is 10.4 Å². The molecule has 5 heteroatoms. The second-order valence-corrected chi connectivity index (χ2v) is 3.66. The number of carbonyl (C=O) groups is 1. The van der Waals surface area contributed by atoms with Gasteiger partial charge < -0.3 is 0 Å². The minimum Gasteiger partial charge on any atom is -0.298 e. The first kappa shape index (κ1) is 11.9. The second-order valence-electron chi connectivity index (χ2n) is 3.66. The van der Waals surface area contributed by atoms with Crippen LogP contribution in [-0.2, 0) is 0 Å². The molecule has 0 aliphatic carbocycles. The maximum absolute atomic E-state index is 13.1. The summed E-state index contributed by atoms with van der Waals surface area (Å²) in [5, 5.41) is 10.9. The molecule has 0 N–H and O–H groups in total. The van der Waals surface area contributed by atoms with E-state index in [2.05, 4.69) is 0 Å². The van der Waals surface area contributed by atoms with Crippen molar-refractivity contribution in [1.29, 1.82) is 0 Å². The van der Waals surface area contributed by atoms with E-state index in [-0.39, 0.29) is 16.8 Å². The minimum absolute atomic E-state index is 0.210. The molecule has 18 heavy (non-hydrogen) atoms. The quantitative estimate of drug-likeness (QED) is 0.474. The largest absolute Gasteiger partial charge is 0.298 e. The van der Waals surface area contributed by atoms with E-state index in [1.807, 2.05) is 0 Å². The molecule has 4 nitrogen and oxygen atoms in total. The summed E-state index contributed by atoms with van der Waals surface area (Å²) in [6.07, 6.45) is 0.530. The van der Waals surface area contributed by atoms with Crippen LogP contribution in [0.25, 0.3) is 11.1 Å². The molecule has 0 saturated heterocycles. The molecule has 2 aromatic carbocycles. The number of nitro groups is 1. The highest BCUT2D eigenvalue weighted by atomic mass is 19.1. The first-order valence-electron chi connectivity index (χ1n) is 5.11. The van der Waals surface area contributed by atoms with Crippen LogP contribution < -0.4 is 0 Å². The van der Waals surface area contributed by atoms with Crippen LogP contribution in [0, 0.1) is 15.9 Å². The summed E-state index contributed by atoms with van der Waals surface area (Å²) in [5.74, 6) is -0.471. The van der Waals surface area contributed by atoms with Gasteiger partial charge in [-0.25, -0.2) is 4.39 Å². The number of hydrogen-bond donors (Lipinski definition) is 0. The Morgan fingerprint density at radius 3 is 2.56 bits per heavy atom. The summed E-state index contributed by atoms with van der Waals surface area (Å²) in [6.45, 7) is 0. The molecule has 0 unspecified atom stereocenters. The minimum atomic E-state index is -0.590. The number of nitro benzene ring substituents is 1. The standard InChI is InChI=1S/C13H8FNO3/c14-11-3-1-2-10(7-11)12-5-4-9(8-16)6-13(12)15(17)18/h1-8H. The molecule has 2 rings (SSSR count). The van der Waals surface area contributed by atoms with Gasteiger partial charge in [0.25, 0.3) is 5.69 Å². The molecular formula is C13H8FNO3. The van der Waals surface area contributed by atoms with Crippen molar-refractivity contribution in [2.24, 2.45) is 0 Å². The van der Waals surface area contributed by atoms with Gasteiger partial charge in [0.1, 0.15) is 12.1 Å². The van der Waals surface area contributed by atoms with Crippen LogP contribution in [0.2, 0.25) is 0 Å². The molecule has 0 bridgehead atoms. The van der Waals surface area contributed by atoms with Crippen molar-refractivity contribution in [3.63, 3.8) is 0 Å². The molecule has 0 aromatic heterocycles. The van der Waals surface area contributed by atoms with Gasteiger partial charge in [-0.2, -0.15) is 0 Å². The lowest BCUT2D eigenvalue weighted by molar-refractivity contribution is -0.384. The summed E-state index contributed by atoms with van der Waals surface area (Å²) < 4.78 is 13.1. The lowest BCUT2D eigenvalue weighted by Gasteiger charge is -2.04. The van der Waals surface area contributed by atoms with Gasteiger partial charge in [0.15, 0.2) is 0 Å². The first-order chi connectivity index (χ1) is 8.61. The highest BCUT2D eigenvalue weighted by Crippen LogP contribution is 2.30. The summed E-state index contributed by atoms with van der Waals surface area (Å²) in [6, 6.07) is 9.59. The van der Waals surface area contributed by atoms with E-state index in [0.29, 0.717) is 11.8 Å². The highest BCUT2D eigenvalue weighted by Gasteiger charge is 2.16. The summed E-state index contributed by atoms with van der Waals surface area (Å²) in [4.78, 5) is 21.0. The predicted octanol–water partition coefficient (Wildman–Crippen LogP) is 3.21. The number of aldehydes is 1. The fourth-order valence-corrected chi connectivity index (χ4v) is 1.67. The van der Waals surface area contributed by atoms with Gasteiger partial charge >= 0.3 is 0 Å². The molecule has 0 heterocycles. The molecule has 0 aliphatic heterocycles. The first-order valence-corrected chi connectivity index (χ1v) is 5.11. The zero-order valence-electron chi connectivity index (χ0n) is 9.17. The number of rotatable bonds is 3. The lowest BCUT2D eigenvalue weighted by atomic mass is 10.0. The second kappa shape index (κ2) is 4.75. The van der Waals surface area contributed by atoms with Crippen molar-refractivity contribution in [3.8, 4) is 11.1 Å². The van der Waals surface area contributed by atoms with Gasteiger partial charge in [0, 0.05) is 11.6 Å². The highest BCUT2D eigenvalue weighted by molar-refractivity contribution is 5.82. The summed E-state index contributed by atoms with van der Waals surface area (Å²) in [7, 11) is 0. The van der Waals surface area contributed by atoms with Crippen molar-refractivity contribution < 1.29 is 14.1 Å². The van der Waals surface area contributed by atoms with Gasteiger partial charge in [-0.1, -0.05) is 18.2 Å². The number of hydrogen-bond acceptors (Lipinski definition) is 3. The zero-order chi connectivity index (χ0) is 13.1. The van der Waals surface area contributed by atoms with Crippen LogP contribution in [0.15, 0.2) is 42.5 Å². The van der Waals surface area contributed by atoms with Gasteiger partial charge in [-0.15, -0.1) is 0 Å². The van der Waals surface area contributed by atoms with Crippen molar-refractivity contribution in [3.05, 3.63) is 64.0 Å². The molecule has 90 valence electrons. The third-order valence-corrected chi connectivity index (χ3v) is 2.49. The molecule has 2 aromatic rings. The molecule has 0 saturated carbocycles. The zero-order valence-corrected chi connectivity index (χ0v) is 9.17. The van der Waals surface area contributed by atoms with E-state index in [4.69, 9.17) is 0 Å². The number of nitrogens with zero attached hydrogens (tertiary/aromatic N) is 1. The van der Waals surface area contributed by atoms with E-state index < -0.39 is 10.7 Å². The van der Waals surface area contributed by atoms with E-state index in [1.54, 1.807) is 6.07 Å². The van der Waals surface area contributed by atoms with Gasteiger partial charge in [0.2, 0.25) is 0 Å². The van der Waals surface area contributed by atoms with Crippen LogP contribution in [0.3, 0.4) is 0 Å². The normalized spacial score (nSPS) is 10.1. The molecule has 0 spiro atoms. The van der Waals surface area contributed by atoms with E-state index >= 15 is 0 Å². The molecular weight excluding hydrogens is 237 g/mol. The number of halogens is 1. The topological polar surface area (TPSA) is 60.2 Å². The van der Waals surface area contributed by atoms with Gasteiger partial charge in [0.05, 0.1) is 10.5 Å². The lowest BCUT2D eigenvalue weighted by Crippen LogP contribution is -1.94. The Labute approximate surface area is 102 Å². The van der Waals surface area contributed by atoms with E-state index in [1.165, 1.54) is 36.4 Å². The van der Waals surface area contributed by atoms with Crippen LogP contribution in [0.5, 0.6) is 0 Å². The van der Waals surface area contributed by atoms with Gasteiger partial charge in [-0.05, 0) is 23.8 Å². The number of carbonyl (C=O) groups excluding carboxylic acids is 1. The summed E-state index contributed by atoms with van der Waals surface area (Å²) in [5.41, 5.74) is 0.677. The Hall–Kier alpha value is -2.56. The van der Waals surface area contributed by atoms with Crippen molar-refractivity contribution in [2.75, 3.05) is 0 Å². The molecule has 0 atom stereocenters. The maximum atomic E-state index is 13.1. The smallest absolute Gasteiger partial charge is 0.277 e. The van der Waals surface area contributed by atoms with Crippen molar-refractivity contribution in [2.45, 2.75) is 0 Å². The fraction of sp³-hybridized carbons (Fsp3) is 0. The van der Waals surface area contributed by atoms with E-state index in [0.717, 1.165) is 0 Å². The third-order valence-electron chi connectivity index (χ3n) is 2.49. The SMILES string of the molecule is O=Cc1ccc(-c2cccc(F)c2)c([N+](=O)[O-])c1. The average Bonchev–Trinajstić information content (AvgIpc) is 2.38. The molecule has 0 radical (unpaired) electrons. The van der Waals surface area contributed by atoms with Gasteiger partial charge in [-0.3, -0.25) is 14.9 Å². The summed E-state index contributed by atoms with van der Waals surface area (Å²) >= 11 is 0. The maximum Gasteiger partial charge on any atom is 0.277 e. The molecule has 0 aliphatic rings. The molecule has 0 amide bonds. The Morgan fingerprint density at radius 1 is 1.17 bits per heavy atom. The Morgan fingerprint density at radius 2 is 1.94 bits per heavy atom.